The van der Waals surface area contributed by atoms with Crippen LogP contribution in [0.1, 0.15) is 28.9 Å². The van der Waals surface area contributed by atoms with Crippen LogP contribution in [0.15, 0.2) is 28.7 Å². The molecule has 1 heterocycles. The van der Waals surface area contributed by atoms with Crippen LogP contribution < -0.4 is 0 Å². The van der Waals surface area contributed by atoms with E-state index in [1.807, 2.05) is 30.7 Å². The van der Waals surface area contributed by atoms with Crippen LogP contribution in [0.3, 0.4) is 0 Å². The lowest BCUT2D eigenvalue weighted by molar-refractivity contribution is -0.136. The van der Waals surface area contributed by atoms with Gasteiger partial charge in [0.05, 0.1) is 12.2 Å². The van der Waals surface area contributed by atoms with Crippen molar-refractivity contribution in [3.63, 3.8) is 0 Å². The summed E-state index contributed by atoms with van der Waals surface area (Å²) in [5.41, 5.74) is 4.18. The van der Waals surface area contributed by atoms with E-state index in [2.05, 4.69) is 33.2 Å². The Morgan fingerprint density at radius 1 is 1.30 bits per heavy atom. The number of halogens is 1. The second-order valence-electron chi connectivity index (χ2n) is 4.83. The Labute approximate surface area is 126 Å². The van der Waals surface area contributed by atoms with Crippen molar-refractivity contribution in [2.75, 3.05) is 0 Å². The first kappa shape index (κ1) is 14.8. The topological polar surface area (TPSA) is 55.1 Å². The summed E-state index contributed by atoms with van der Waals surface area (Å²) in [6, 6.07) is 8.12. The summed E-state index contributed by atoms with van der Waals surface area (Å²) in [6.45, 7) is 4.63. The zero-order valence-corrected chi connectivity index (χ0v) is 13.1. The first-order valence-corrected chi connectivity index (χ1v) is 7.26. The van der Waals surface area contributed by atoms with Gasteiger partial charge in [0.2, 0.25) is 0 Å². The molecule has 1 aromatic carbocycles. The molecule has 0 bridgehead atoms. The largest absolute Gasteiger partial charge is 0.481 e. The van der Waals surface area contributed by atoms with Crippen LogP contribution in [0.2, 0.25) is 0 Å². The number of hydrogen-bond acceptors (Lipinski definition) is 2. The molecule has 0 saturated heterocycles. The summed E-state index contributed by atoms with van der Waals surface area (Å²) in [4.78, 5) is 10.7. The minimum Gasteiger partial charge on any atom is -0.481 e. The normalized spacial score (nSPS) is 10.8. The number of carboxylic acids is 1. The molecular weight excluding hydrogens is 320 g/mol. The number of nitrogens with zero attached hydrogens (tertiary/aromatic N) is 2. The van der Waals surface area contributed by atoms with Gasteiger partial charge in [-0.1, -0.05) is 28.1 Å². The van der Waals surface area contributed by atoms with Gasteiger partial charge in [0.15, 0.2) is 0 Å². The van der Waals surface area contributed by atoms with Gasteiger partial charge in [-0.15, -0.1) is 0 Å². The maximum absolute atomic E-state index is 10.7. The molecule has 0 aliphatic carbocycles. The Hall–Kier alpha value is -1.62. The van der Waals surface area contributed by atoms with E-state index in [1.165, 1.54) is 5.56 Å². The molecule has 2 aromatic rings. The second-order valence-corrected chi connectivity index (χ2v) is 5.74. The predicted molar refractivity (Wildman–Crippen MR) is 80.9 cm³/mol. The van der Waals surface area contributed by atoms with Crippen LogP contribution in [0.4, 0.5) is 0 Å². The van der Waals surface area contributed by atoms with Crippen LogP contribution in [0.25, 0.3) is 0 Å². The maximum Gasteiger partial charge on any atom is 0.303 e. The van der Waals surface area contributed by atoms with Crippen LogP contribution in [-0.4, -0.2) is 20.9 Å². The highest BCUT2D eigenvalue weighted by molar-refractivity contribution is 9.10. The molecular formula is C15H17BrN2O2. The van der Waals surface area contributed by atoms with Gasteiger partial charge in [0, 0.05) is 16.6 Å². The summed E-state index contributed by atoms with van der Waals surface area (Å²) >= 11 is 3.42. The van der Waals surface area contributed by atoms with E-state index < -0.39 is 5.97 Å². The zero-order valence-electron chi connectivity index (χ0n) is 11.6. The highest BCUT2D eigenvalue weighted by Gasteiger charge is 2.12. The fraction of sp³-hybridized carbons (Fsp3) is 0.333. The average molecular weight is 337 g/mol. The smallest absolute Gasteiger partial charge is 0.303 e. The van der Waals surface area contributed by atoms with Gasteiger partial charge in [0.1, 0.15) is 0 Å². The van der Waals surface area contributed by atoms with E-state index in [4.69, 9.17) is 5.11 Å². The third-order valence-corrected chi connectivity index (χ3v) is 3.89. The minimum atomic E-state index is -0.774. The second kappa shape index (κ2) is 6.22. The average Bonchev–Trinajstić information content (AvgIpc) is 2.65. The summed E-state index contributed by atoms with van der Waals surface area (Å²) < 4.78 is 2.99. The Morgan fingerprint density at radius 2 is 1.95 bits per heavy atom. The molecule has 0 aliphatic rings. The predicted octanol–water partition coefficient (Wildman–Crippen LogP) is 3.33. The highest BCUT2D eigenvalue weighted by Crippen LogP contribution is 2.17. The van der Waals surface area contributed by atoms with Gasteiger partial charge >= 0.3 is 5.97 Å². The monoisotopic (exact) mass is 336 g/mol. The van der Waals surface area contributed by atoms with Gasteiger partial charge in [0.25, 0.3) is 0 Å². The zero-order chi connectivity index (χ0) is 14.7. The third-order valence-electron chi connectivity index (χ3n) is 3.37. The lowest BCUT2D eigenvalue weighted by atomic mass is 10.1. The van der Waals surface area contributed by atoms with Crippen molar-refractivity contribution in [3.05, 3.63) is 51.3 Å². The number of hydrogen-bond donors (Lipinski definition) is 1. The first-order valence-electron chi connectivity index (χ1n) is 6.46. The fourth-order valence-electron chi connectivity index (χ4n) is 2.24. The van der Waals surface area contributed by atoms with Crippen LogP contribution in [-0.2, 0) is 17.8 Å². The van der Waals surface area contributed by atoms with Crippen molar-refractivity contribution in [1.29, 1.82) is 0 Å². The number of aliphatic carboxylic acids is 1. The van der Waals surface area contributed by atoms with Crippen molar-refractivity contribution < 1.29 is 9.90 Å². The van der Waals surface area contributed by atoms with E-state index in [9.17, 15) is 4.79 Å². The molecule has 0 atom stereocenters. The molecule has 5 heteroatoms. The summed E-state index contributed by atoms with van der Waals surface area (Å²) in [6.07, 6.45) is 0.680. The number of benzene rings is 1. The third kappa shape index (κ3) is 3.48. The van der Waals surface area contributed by atoms with Gasteiger partial charge in [-0.05, 0) is 43.5 Å². The van der Waals surface area contributed by atoms with Crippen LogP contribution in [0.5, 0.6) is 0 Å². The molecule has 0 spiro atoms. The van der Waals surface area contributed by atoms with E-state index in [1.54, 1.807) is 0 Å². The van der Waals surface area contributed by atoms with Gasteiger partial charge in [-0.3, -0.25) is 9.48 Å². The van der Waals surface area contributed by atoms with Crippen LogP contribution >= 0.6 is 15.9 Å². The SMILES string of the molecule is Cc1nn(Cc2ccc(Br)cc2)c(C)c1CCC(=O)O. The Kier molecular flexibility index (Phi) is 4.60. The van der Waals surface area contributed by atoms with Gasteiger partial charge in [-0.2, -0.15) is 5.10 Å². The molecule has 0 saturated carbocycles. The molecule has 1 aromatic heterocycles. The highest BCUT2D eigenvalue weighted by atomic mass is 79.9. The Morgan fingerprint density at radius 3 is 2.55 bits per heavy atom. The van der Waals surface area contributed by atoms with Crippen molar-refractivity contribution in [1.82, 2.24) is 9.78 Å². The van der Waals surface area contributed by atoms with Gasteiger partial charge < -0.3 is 5.11 Å². The number of rotatable bonds is 5. The summed E-state index contributed by atoms with van der Waals surface area (Å²) in [5, 5.41) is 13.3. The quantitative estimate of drug-likeness (QED) is 0.911. The minimum absolute atomic E-state index is 0.145. The molecule has 0 amide bonds. The molecule has 1 N–H and O–H groups in total. The van der Waals surface area contributed by atoms with E-state index in [0.29, 0.717) is 13.0 Å². The van der Waals surface area contributed by atoms with Gasteiger partial charge in [-0.25, -0.2) is 0 Å². The number of aromatic nitrogens is 2. The molecule has 106 valence electrons. The first-order chi connectivity index (χ1) is 9.47. The standard InChI is InChI=1S/C15H17BrN2O2/c1-10-14(7-8-15(19)20)11(2)18(17-10)9-12-3-5-13(16)6-4-12/h3-6H,7-9H2,1-2H3,(H,19,20). The lowest BCUT2D eigenvalue weighted by Crippen LogP contribution is -2.05. The molecule has 0 unspecified atom stereocenters. The Bertz CT molecular complexity index is 618. The lowest BCUT2D eigenvalue weighted by Gasteiger charge is -2.06. The number of aryl methyl sites for hydroxylation is 1. The summed E-state index contributed by atoms with van der Waals surface area (Å²) in [7, 11) is 0. The molecule has 20 heavy (non-hydrogen) atoms. The molecule has 0 fully saturated rings. The van der Waals surface area contributed by atoms with Crippen molar-refractivity contribution >= 4 is 21.9 Å². The molecule has 4 nitrogen and oxygen atoms in total. The fourth-order valence-corrected chi connectivity index (χ4v) is 2.51. The number of carboxylic acid groups (broad SMARTS) is 1. The van der Waals surface area contributed by atoms with E-state index in [0.717, 1.165) is 21.4 Å². The molecule has 2 rings (SSSR count). The summed E-state index contributed by atoms with van der Waals surface area (Å²) in [5.74, 6) is -0.774. The molecule has 0 aliphatic heterocycles. The van der Waals surface area contributed by atoms with Crippen molar-refractivity contribution in [2.24, 2.45) is 0 Å². The van der Waals surface area contributed by atoms with Crippen molar-refractivity contribution in [2.45, 2.75) is 33.2 Å². The maximum atomic E-state index is 10.7. The number of carbonyl (C=O) groups is 1. The Balaban J connectivity index is 2.18. The van der Waals surface area contributed by atoms with E-state index in [-0.39, 0.29) is 6.42 Å². The molecule has 0 radical (unpaired) electrons. The van der Waals surface area contributed by atoms with Crippen molar-refractivity contribution in [3.8, 4) is 0 Å². The van der Waals surface area contributed by atoms with Crippen LogP contribution in [0, 0.1) is 13.8 Å². The van der Waals surface area contributed by atoms with E-state index >= 15 is 0 Å².